The van der Waals surface area contributed by atoms with E-state index in [1.807, 2.05) is 36.4 Å². The van der Waals surface area contributed by atoms with Gasteiger partial charge in [0, 0.05) is 19.0 Å². The molecular formula is C18H25N3O2. The van der Waals surface area contributed by atoms with Gasteiger partial charge in [-0.25, -0.2) is 0 Å². The molecule has 0 saturated carbocycles. The number of likely N-dealkylation sites (N-methyl/N-ethyl adjacent to an activating group) is 1. The summed E-state index contributed by atoms with van der Waals surface area (Å²) in [5, 5.41) is 0. The highest BCUT2D eigenvalue weighted by Gasteiger charge is 2.08. The number of rotatable bonds is 9. The van der Waals surface area contributed by atoms with Crippen LogP contribution in [0.2, 0.25) is 0 Å². The van der Waals surface area contributed by atoms with Crippen LogP contribution in [-0.4, -0.2) is 41.6 Å². The summed E-state index contributed by atoms with van der Waals surface area (Å²) in [6, 6.07) is 12.3. The molecule has 0 aliphatic rings. The summed E-state index contributed by atoms with van der Waals surface area (Å²) in [6.45, 7) is 7.85. The molecule has 1 aromatic heterocycles. The van der Waals surface area contributed by atoms with Crippen LogP contribution >= 0.6 is 0 Å². The summed E-state index contributed by atoms with van der Waals surface area (Å²) in [6.07, 6.45) is 0.849. The second-order valence-corrected chi connectivity index (χ2v) is 5.24. The van der Waals surface area contributed by atoms with Crippen LogP contribution in [0.4, 0.5) is 0 Å². The van der Waals surface area contributed by atoms with Crippen LogP contribution in [0, 0.1) is 0 Å². The summed E-state index contributed by atoms with van der Waals surface area (Å²) in [5.41, 5.74) is 2.04. The highest BCUT2D eigenvalue weighted by molar-refractivity contribution is 5.20. The molecule has 0 N–H and O–H groups in total. The molecule has 23 heavy (non-hydrogen) atoms. The van der Waals surface area contributed by atoms with Gasteiger partial charge in [0.1, 0.15) is 6.61 Å². The lowest BCUT2D eigenvalue weighted by Gasteiger charge is -2.17. The Morgan fingerprint density at radius 2 is 1.78 bits per heavy atom. The molecule has 0 spiro atoms. The van der Waals surface area contributed by atoms with Crippen molar-refractivity contribution in [2.45, 2.75) is 26.9 Å². The molecule has 2 aromatic rings. The predicted octanol–water partition coefficient (Wildman–Crippen LogP) is 2.95. The van der Waals surface area contributed by atoms with Crippen LogP contribution in [0.15, 0.2) is 36.4 Å². The van der Waals surface area contributed by atoms with E-state index in [2.05, 4.69) is 28.7 Å². The van der Waals surface area contributed by atoms with Crippen molar-refractivity contribution < 1.29 is 9.47 Å². The Kier molecular flexibility index (Phi) is 6.81. The Hall–Kier alpha value is -2.14. The fourth-order valence-electron chi connectivity index (χ4n) is 2.29. The SMILES string of the molecule is CCN(CC)CCc1cc(OCc2ccccc2)nc(OC)n1. The van der Waals surface area contributed by atoms with E-state index in [1.54, 1.807) is 7.11 Å². The van der Waals surface area contributed by atoms with Crippen molar-refractivity contribution in [2.75, 3.05) is 26.7 Å². The first-order valence-electron chi connectivity index (χ1n) is 8.06. The minimum Gasteiger partial charge on any atom is -0.473 e. The first kappa shape index (κ1) is 17.2. The van der Waals surface area contributed by atoms with Crippen molar-refractivity contribution in [1.29, 1.82) is 0 Å². The molecule has 5 nitrogen and oxygen atoms in total. The van der Waals surface area contributed by atoms with Crippen molar-refractivity contribution in [2.24, 2.45) is 0 Å². The van der Waals surface area contributed by atoms with E-state index in [-0.39, 0.29) is 0 Å². The summed E-state index contributed by atoms with van der Waals surface area (Å²) >= 11 is 0. The molecule has 5 heteroatoms. The normalized spacial score (nSPS) is 10.8. The van der Waals surface area contributed by atoms with Crippen LogP contribution in [0.1, 0.15) is 25.1 Å². The van der Waals surface area contributed by atoms with Gasteiger partial charge in [-0.2, -0.15) is 9.97 Å². The summed E-state index contributed by atoms with van der Waals surface area (Å²) in [5.74, 6) is 0.551. The van der Waals surface area contributed by atoms with Gasteiger partial charge < -0.3 is 14.4 Å². The molecule has 124 valence electrons. The molecule has 0 fully saturated rings. The third-order valence-electron chi connectivity index (χ3n) is 3.73. The molecule has 0 aliphatic heterocycles. The number of methoxy groups -OCH3 is 1. The van der Waals surface area contributed by atoms with E-state index in [0.717, 1.165) is 37.3 Å². The maximum atomic E-state index is 5.79. The van der Waals surface area contributed by atoms with Gasteiger partial charge >= 0.3 is 6.01 Å². The van der Waals surface area contributed by atoms with Gasteiger partial charge in [0.2, 0.25) is 5.88 Å². The van der Waals surface area contributed by atoms with E-state index in [1.165, 1.54) is 0 Å². The van der Waals surface area contributed by atoms with E-state index in [4.69, 9.17) is 9.47 Å². The standard InChI is InChI=1S/C18H25N3O2/c1-4-21(5-2)12-11-16-13-17(20-18(19-16)22-3)23-14-15-9-7-6-8-10-15/h6-10,13H,4-5,11-12,14H2,1-3H3. The largest absolute Gasteiger partial charge is 0.473 e. The third-order valence-corrected chi connectivity index (χ3v) is 3.73. The number of benzene rings is 1. The predicted molar refractivity (Wildman–Crippen MR) is 90.9 cm³/mol. The van der Waals surface area contributed by atoms with Gasteiger partial charge in [0.05, 0.1) is 12.8 Å². The average molecular weight is 315 g/mol. The second-order valence-electron chi connectivity index (χ2n) is 5.24. The van der Waals surface area contributed by atoms with Crippen LogP contribution in [0.3, 0.4) is 0 Å². The Labute approximate surface area is 138 Å². The van der Waals surface area contributed by atoms with Crippen molar-refractivity contribution >= 4 is 0 Å². The quantitative estimate of drug-likeness (QED) is 0.712. The van der Waals surface area contributed by atoms with Crippen LogP contribution < -0.4 is 9.47 Å². The highest BCUT2D eigenvalue weighted by Crippen LogP contribution is 2.16. The van der Waals surface area contributed by atoms with E-state index >= 15 is 0 Å². The molecule has 0 bridgehead atoms. The Morgan fingerprint density at radius 1 is 1.04 bits per heavy atom. The first-order valence-corrected chi connectivity index (χ1v) is 8.06. The number of hydrogen-bond donors (Lipinski definition) is 0. The maximum Gasteiger partial charge on any atom is 0.319 e. The minimum absolute atomic E-state index is 0.352. The molecule has 0 radical (unpaired) electrons. The average Bonchev–Trinajstić information content (AvgIpc) is 2.61. The summed E-state index contributed by atoms with van der Waals surface area (Å²) < 4.78 is 11.0. The second kappa shape index (κ2) is 9.10. The van der Waals surface area contributed by atoms with Gasteiger partial charge in [-0.15, -0.1) is 0 Å². The van der Waals surface area contributed by atoms with Crippen LogP contribution in [0.25, 0.3) is 0 Å². The zero-order chi connectivity index (χ0) is 16.5. The fourth-order valence-corrected chi connectivity index (χ4v) is 2.29. The van der Waals surface area contributed by atoms with Gasteiger partial charge in [0.15, 0.2) is 0 Å². The van der Waals surface area contributed by atoms with Crippen molar-refractivity contribution in [3.05, 3.63) is 47.7 Å². The Balaban J connectivity index is 2.02. The van der Waals surface area contributed by atoms with E-state index < -0.39 is 0 Å². The zero-order valence-corrected chi connectivity index (χ0v) is 14.2. The Morgan fingerprint density at radius 3 is 2.43 bits per heavy atom. The molecule has 0 aliphatic carbocycles. The van der Waals surface area contributed by atoms with Gasteiger partial charge in [0.25, 0.3) is 0 Å². The molecule has 1 heterocycles. The number of aromatic nitrogens is 2. The summed E-state index contributed by atoms with van der Waals surface area (Å²) in [7, 11) is 1.57. The zero-order valence-electron chi connectivity index (χ0n) is 14.2. The molecule has 0 atom stereocenters. The lowest BCUT2D eigenvalue weighted by atomic mass is 10.2. The number of nitrogens with zero attached hydrogens (tertiary/aromatic N) is 3. The molecule has 0 unspecified atom stereocenters. The lowest BCUT2D eigenvalue weighted by Crippen LogP contribution is -2.25. The molecular weight excluding hydrogens is 290 g/mol. The molecule has 0 saturated heterocycles. The first-order chi connectivity index (χ1) is 11.2. The Bertz CT molecular complexity index is 586. The van der Waals surface area contributed by atoms with Gasteiger partial charge in [-0.1, -0.05) is 44.2 Å². The topological polar surface area (TPSA) is 47.5 Å². The monoisotopic (exact) mass is 315 g/mol. The van der Waals surface area contributed by atoms with E-state index in [0.29, 0.717) is 18.5 Å². The molecule has 0 amide bonds. The van der Waals surface area contributed by atoms with Crippen LogP contribution in [0.5, 0.6) is 11.9 Å². The molecule has 1 aromatic carbocycles. The van der Waals surface area contributed by atoms with Crippen molar-refractivity contribution in [1.82, 2.24) is 14.9 Å². The number of hydrogen-bond acceptors (Lipinski definition) is 5. The third kappa shape index (κ3) is 5.53. The van der Waals surface area contributed by atoms with Crippen LogP contribution in [-0.2, 0) is 13.0 Å². The highest BCUT2D eigenvalue weighted by atomic mass is 16.5. The van der Waals surface area contributed by atoms with Crippen molar-refractivity contribution in [3.8, 4) is 11.9 Å². The number of ether oxygens (including phenoxy) is 2. The van der Waals surface area contributed by atoms with Gasteiger partial charge in [-0.3, -0.25) is 0 Å². The smallest absolute Gasteiger partial charge is 0.319 e. The maximum absolute atomic E-state index is 5.79. The molecule has 2 rings (SSSR count). The van der Waals surface area contributed by atoms with E-state index in [9.17, 15) is 0 Å². The lowest BCUT2D eigenvalue weighted by molar-refractivity contribution is 0.281. The fraction of sp³-hybridized carbons (Fsp3) is 0.444. The minimum atomic E-state index is 0.352. The van der Waals surface area contributed by atoms with Crippen molar-refractivity contribution in [3.63, 3.8) is 0 Å². The van der Waals surface area contributed by atoms with Gasteiger partial charge in [-0.05, 0) is 18.7 Å². The summed E-state index contributed by atoms with van der Waals surface area (Å²) in [4.78, 5) is 11.0.